The van der Waals surface area contributed by atoms with Crippen molar-refractivity contribution in [1.82, 2.24) is 4.90 Å². The monoisotopic (exact) mass is 110 g/mol. The minimum Gasteiger partial charge on any atom is -0.454 e. The largest absolute Gasteiger partial charge is 0.454 e. The smallest absolute Gasteiger partial charge is 0.00656 e. The zero-order valence-electron chi connectivity index (χ0n) is 5.19. The molecule has 1 aliphatic carbocycles. The topological polar surface area (TPSA) is 3.24 Å². The van der Waals surface area contributed by atoms with Crippen molar-refractivity contribution >= 4 is 0 Å². The van der Waals surface area contributed by atoms with Crippen molar-refractivity contribution in [1.29, 1.82) is 0 Å². The Morgan fingerprint density at radius 3 is 2.25 bits per heavy atom. The molecule has 2 fully saturated rings. The SMILES string of the molecule is [CH2-]N1CCCC12CC2. The molecule has 0 aromatic heterocycles. The number of nitrogens with zero attached hydrogens (tertiary/aromatic N) is 1. The maximum atomic E-state index is 3.99. The van der Waals surface area contributed by atoms with Crippen molar-refractivity contribution in [3.8, 4) is 0 Å². The molecule has 1 heteroatoms. The van der Waals surface area contributed by atoms with Gasteiger partial charge in [0.25, 0.3) is 0 Å². The van der Waals surface area contributed by atoms with Gasteiger partial charge in [0, 0.05) is 0 Å². The zero-order valence-corrected chi connectivity index (χ0v) is 5.19. The van der Waals surface area contributed by atoms with Crippen molar-refractivity contribution in [3.05, 3.63) is 7.05 Å². The van der Waals surface area contributed by atoms with Crippen LogP contribution in [0.3, 0.4) is 0 Å². The number of likely N-dealkylation sites (tertiary alicyclic amines) is 1. The Balaban J connectivity index is 2.12. The summed E-state index contributed by atoms with van der Waals surface area (Å²) in [4.78, 5) is 2.28. The minimum absolute atomic E-state index is 0.625. The van der Waals surface area contributed by atoms with Crippen molar-refractivity contribution < 1.29 is 0 Å². The Labute approximate surface area is 50.7 Å². The number of hydrogen-bond donors (Lipinski definition) is 0. The molecule has 2 rings (SSSR count). The van der Waals surface area contributed by atoms with Crippen LogP contribution in [-0.4, -0.2) is 17.0 Å². The van der Waals surface area contributed by atoms with Crippen molar-refractivity contribution in [3.63, 3.8) is 0 Å². The molecule has 0 aromatic rings. The second-order valence-electron chi connectivity index (χ2n) is 3.09. The molecular weight excluding hydrogens is 98.1 g/mol. The molecule has 1 nitrogen and oxygen atoms in total. The van der Waals surface area contributed by atoms with Crippen LogP contribution in [0.2, 0.25) is 0 Å². The summed E-state index contributed by atoms with van der Waals surface area (Å²) in [6.07, 6.45) is 5.62. The van der Waals surface area contributed by atoms with Crippen LogP contribution in [0.1, 0.15) is 25.7 Å². The maximum absolute atomic E-state index is 3.99. The van der Waals surface area contributed by atoms with E-state index in [1.165, 1.54) is 32.2 Å². The summed E-state index contributed by atoms with van der Waals surface area (Å²) >= 11 is 0. The van der Waals surface area contributed by atoms with Crippen LogP contribution in [0.25, 0.3) is 0 Å². The van der Waals surface area contributed by atoms with Gasteiger partial charge in [-0.05, 0) is 37.8 Å². The van der Waals surface area contributed by atoms with Crippen LogP contribution in [0.5, 0.6) is 0 Å². The second kappa shape index (κ2) is 1.27. The summed E-state index contributed by atoms with van der Waals surface area (Å²) in [7, 11) is 3.99. The fourth-order valence-corrected chi connectivity index (χ4v) is 1.70. The molecule has 0 radical (unpaired) electrons. The predicted molar refractivity (Wildman–Crippen MR) is 33.3 cm³/mol. The molecule has 8 heavy (non-hydrogen) atoms. The molecule has 1 aliphatic heterocycles. The fourth-order valence-electron chi connectivity index (χ4n) is 1.70. The third kappa shape index (κ3) is 0.455. The molecule has 1 heterocycles. The normalized spacial score (nSPS) is 34.1. The van der Waals surface area contributed by atoms with Crippen molar-refractivity contribution in [2.45, 2.75) is 31.2 Å². The average molecular weight is 110 g/mol. The lowest BCUT2D eigenvalue weighted by Gasteiger charge is -2.26. The van der Waals surface area contributed by atoms with Gasteiger partial charge in [0.15, 0.2) is 0 Å². The van der Waals surface area contributed by atoms with Gasteiger partial charge in [-0.2, -0.15) is 0 Å². The quantitative estimate of drug-likeness (QED) is 0.426. The first kappa shape index (κ1) is 4.80. The summed E-state index contributed by atoms with van der Waals surface area (Å²) in [5, 5.41) is 0. The van der Waals surface area contributed by atoms with E-state index < -0.39 is 0 Å². The van der Waals surface area contributed by atoms with E-state index in [2.05, 4.69) is 11.9 Å². The summed E-state index contributed by atoms with van der Waals surface area (Å²) < 4.78 is 0. The van der Waals surface area contributed by atoms with Gasteiger partial charge < -0.3 is 4.90 Å². The molecule has 0 unspecified atom stereocenters. The van der Waals surface area contributed by atoms with Crippen LogP contribution in [0, 0.1) is 7.05 Å². The van der Waals surface area contributed by atoms with Crippen molar-refractivity contribution in [2.75, 3.05) is 6.54 Å². The maximum Gasteiger partial charge on any atom is -0.00656 e. The van der Waals surface area contributed by atoms with E-state index in [0.29, 0.717) is 5.54 Å². The molecule has 0 amide bonds. The lowest BCUT2D eigenvalue weighted by atomic mass is 10.2. The van der Waals surface area contributed by atoms with Crippen LogP contribution in [0.15, 0.2) is 0 Å². The molecule has 0 bridgehead atoms. The Bertz CT molecular complexity index is 105. The summed E-state index contributed by atoms with van der Waals surface area (Å²) in [5.74, 6) is 0. The molecule has 0 atom stereocenters. The Morgan fingerprint density at radius 1 is 1.25 bits per heavy atom. The summed E-state index contributed by atoms with van der Waals surface area (Å²) in [6.45, 7) is 1.24. The average Bonchev–Trinajstić information content (AvgIpc) is 2.39. The molecule has 46 valence electrons. The van der Waals surface area contributed by atoms with Crippen LogP contribution in [-0.2, 0) is 0 Å². The van der Waals surface area contributed by atoms with E-state index in [9.17, 15) is 0 Å². The van der Waals surface area contributed by atoms with E-state index >= 15 is 0 Å². The Kier molecular flexibility index (Phi) is 0.762. The lowest BCUT2D eigenvalue weighted by molar-refractivity contribution is 0.325. The van der Waals surface area contributed by atoms with E-state index in [1.54, 1.807) is 0 Å². The predicted octanol–water partition coefficient (Wildman–Crippen LogP) is 1.41. The van der Waals surface area contributed by atoms with Crippen LogP contribution >= 0.6 is 0 Å². The van der Waals surface area contributed by atoms with E-state index in [4.69, 9.17) is 0 Å². The van der Waals surface area contributed by atoms with E-state index in [0.717, 1.165) is 0 Å². The minimum atomic E-state index is 0.625. The molecule has 1 saturated heterocycles. The van der Waals surface area contributed by atoms with E-state index in [1.807, 2.05) is 0 Å². The highest BCUT2D eigenvalue weighted by molar-refractivity contribution is 5.06. The standard InChI is InChI=1S/C7H12N/c1-8-6-2-3-7(8)4-5-7/h1-6H2/q-1. The molecule has 0 aromatic carbocycles. The zero-order chi connectivity index (χ0) is 5.61. The molecular formula is C7H12N-. The summed E-state index contributed by atoms with van der Waals surface area (Å²) in [6, 6.07) is 0. The van der Waals surface area contributed by atoms with Crippen LogP contribution in [0.4, 0.5) is 0 Å². The van der Waals surface area contributed by atoms with Gasteiger partial charge in [0.2, 0.25) is 0 Å². The van der Waals surface area contributed by atoms with Crippen LogP contribution < -0.4 is 0 Å². The first-order valence-electron chi connectivity index (χ1n) is 3.42. The molecule has 0 N–H and O–H groups in total. The third-order valence-electron chi connectivity index (χ3n) is 2.57. The molecule has 2 aliphatic rings. The molecule has 1 saturated carbocycles. The first-order valence-corrected chi connectivity index (χ1v) is 3.42. The first-order chi connectivity index (χ1) is 3.83. The number of rotatable bonds is 0. The Hall–Kier alpha value is -0.0400. The summed E-state index contributed by atoms with van der Waals surface area (Å²) in [5.41, 5.74) is 0.625. The van der Waals surface area contributed by atoms with Gasteiger partial charge >= 0.3 is 0 Å². The molecule has 1 spiro atoms. The van der Waals surface area contributed by atoms with Crippen molar-refractivity contribution in [2.24, 2.45) is 0 Å². The lowest BCUT2D eigenvalue weighted by Crippen LogP contribution is -2.23. The fraction of sp³-hybridized carbons (Fsp3) is 0.857. The van der Waals surface area contributed by atoms with Gasteiger partial charge in [0.05, 0.1) is 0 Å². The van der Waals surface area contributed by atoms with Gasteiger partial charge in [-0.1, -0.05) is 0 Å². The van der Waals surface area contributed by atoms with Gasteiger partial charge in [-0.25, -0.2) is 0 Å². The highest BCUT2D eigenvalue weighted by atomic mass is 15.2. The van der Waals surface area contributed by atoms with E-state index in [-0.39, 0.29) is 0 Å². The highest BCUT2D eigenvalue weighted by Crippen LogP contribution is 2.48. The number of hydrogen-bond acceptors (Lipinski definition) is 1. The van der Waals surface area contributed by atoms with Gasteiger partial charge in [-0.15, -0.1) is 0 Å². The highest BCUT2D eigenvalue weighted by Gasteiger charge is 2.45. The Morgan fingerprint density at radius 2 is 2.00 bits per heavy atom. The third-order valence-corrected chi connectivity index (χ3v) is 2.57. The van der Waals surface area contributed by atoms with Gasteiger partial charge in [0.1, 0.15) is 0 Å². The van der Waals surface area contributed by atoms with Gasteiger partial charge in [-0.3, -0.25) is 7.05 Å². The second-order valence-corrected chi connectivity index (χ2v) is 3.09.